The first kappa shape index (κ1) is 13.9. The smallest absolute Gasteiger partial charge is 0.317 e. The Labute approximate surface area is 101 Å². The summed E-state index contributed by atoms with van der Waals surface area (Å²) in [6, 6.07) is 0. The van der Waals surface area contributed by atoms with Crippen molar-refractivity contribution in [2.24, 2.45) is 0 Å². The highest BCUT2D eigenvalue weighted by atomic mass is 16.5. The maximum Gasteiger partial charge on any atom is 0.317 e. The fourth-order valence-electron chi connectivity index (χ4n) is 2.00. The quantitative estimate of drug-likeness (QED) is 0.731. The van der Waals surface area contributed by atoms with Gasteiger partial charge in [-0.3, -0.25) is 14.5 Å². The van der Waals surface area contributed by atoms with Crippen molar-refractivity contribution in [1.82, 2.24) is 9.80 Å². The normalized spacial score (nSPS) is 25.1. The van der Waals surface area contributed by atoms with Crippen molar-refractivity contribution in [1.29, 1.82) is 0 Å². The van der Waals surface area contributed by atoms with Crippen molar-refractivity contribution in [2.75, 3.05) is 33.2 Å². The Morgan fingerprint density at radius 3 is 2.29 bits per heavy atom. The molecule has 0 aromatic carbocycles. The molecule has 0 aromatic heterocycles. The molecule has 0 aliphatic carbocycles. The maximum absolute atomic E-state index is 11.9. The molecule has 1 aliphatic heterocycles. The van der Waals surface area contributed by atoms with E-state index in [1.807, 2.05) is 13.8 Å². The zero-order valence-electron chi connectivity index (χ0n) is 10.5. The standard InChI is InChI=1S/C11H20N2O4/c1-8-4-13(5-9(2)17-8)10(14)6-12(3)7-11(15)16/h8-9H,4-7H2,1-3H3,(H,15,16). The van der Waals surface area contributed by atoms with Crippen LogP contribution in [0.2, 0.25) is 0 Å². The van der Waals surface area contributed by atoms with Crippen molar-refractivity contribution in [3.8, 4) is 0 Å². The highest BCUT2D eigenvalue weighted by Crippen LogP contribution is 2.10. The molecule has 0 aromatic rings. The van der Waals surface area contributed by atoms with Crippen LogP contribution in [0.15, 0.2) is 0 Å². The lowest BCUT2D eigenvalue weighted by molar-refractivity contribution is -0.145. The first-order valence-corrected chi connectivity index (χ1v) is 5.72. The molecule has 17 heavy (non-hydrogen) atoms. The number of carboxylic acids is 1. The Bertz CT molecular complexity index is 285. The second-order valence-electron chi connectivity index (χ2n) is 4.62. The van der Waals surface area contributed by atoms with E-state index >= 15 is 0 Å². The number of likely N-dealkylation sites (N-methyl/N-ethyl adjacent to an activating group) is 1. The van der Waals surface area contributed by atoms with Crippen LogP contribution in [0.3, 0.4) is 0 Å². The van der Waals surface area contributed by atoms with Gasteiger partial charge in [-0.2, -0.15) is 0 Å². The predicted molar refractivity (Wildman–Crippen MR) is 61.7 cm³/mol. The number of rotatable bonds is 4. The maximum atomic E-state index is 11.9. The van der Waals surface area contributed by atoms with Gasteiger partial charge in [0, 0.05) is 13.1 Å². The average Bonchev–Trinajstić information content (AvgIpc) is 2.14. The second-order valence-corrected chi connectivity index (χ2v) is 4.62. The topological polar surface area (TPSA) is 70.1 Å². The van der Waals surface area contributed by atoms with Crippen molar-refractivity contribution in [2.45, 2.75) is 26.1 Å². The number of carbonyl (C=O) groups is 2. The minimum absolute atomic E-state index is 0.0347. The van der Waals surface area contributed by atoms with Gasteiger partial charge in [-0.05, 0) is 20.9 Å². The number of nitrogens with zero attached hydrogens (tertiary/aromatic N) is 2. The summed E-state index contributed by atoms with van der Waals surface area (Å²) in [4.78, 5) is 25.6. The third-order valence-corrected chi connectivity index (χ3v) is 2.58. The molecule has 1 fully saturated rings. The summed E-state index contributed by atoms with van der Waals surface area (Å²) in [5.41, 5.74) is 0. The third-order valence-electron chi connectivity index (χ3n) is 2.58. The van der Waals surface area contributed by atoms with Gasteiger partial charge in [-0.25, -0.2) is 0 Å². The number of ether oxygens (including phenoxy) is 1. The van der Waals surface area contributed by atoms with Gasteiger partial charge in [0.05, 0.1) is 25.3 Å². The second kappa shape index (κ2) is 5.97. The Morgan fingerprint density at radius 1 is 1.29 bits per heavy atom. The van der Waals surface area contributed by atoms with Gasteiger partial charge in [-0.1, -0.05) is 0 Å². The molecular formula is C11H20N2O4. The van der Waals surface area contributed by atoms with Crippen LogP contribution in [-0.2, 0) is 14.3 Å². The number of carbonyl (C=O) groups excluding carboxylic acids is 1. The van der Waals surface area contributed by atoms with Gasteiger partial charge < -0.3 is 14.7 Å². The predicted octanol–water partition coefficient (Wildman–Crippen LogP) is -0.361. The summed E-state index contributed by atoms with van der Waals surface area (Å²) >= 11 is 0. The molecule has 6 nitrogen and oxygen atoms in total. The Balaban J connectivity index is 2.43. The van der Waals surface area contributed by atoms with E-state index < -0.39 is 5.97 Å². The van der Waals surface area contributed by atoms with Crippen LogP contribution in [0.4, 0.5) is 0 Å². The number of hydrogen-bond donors (Lipinski definition) is 1. The van der Waals surface area contributed by atoms with Crippen LogP contribution >= 0.6 is 0 Å². The minimum Gasteiger partial charge on any atom is -0.480 e. The Morgan fingerprint density at radius 2 is 1.82 bits per heavy atom. The lowest BCUT2D eigenvalue weighted by Gasteiger charge is -2.36. The molecule has 1 heterocycles. The monoisotopic (exact) mass is 244 g/mol. The molecule has 1 amide bonds. The molecule has 2 unspecified atom stereocenters. The Kier molecular flexibility index (Phi) is 4.89. The van der Waals surface area contributed by atoms with Crippen molar-refractivity contribution >= 4 is 11.9 Å². The molecule has 98 valence electrons. The molecule has 6 heteroatoms. The summed E-state index contributed by atoms with van der Waals surface area (Å²) in [5.74, 6) is -0.972. The zero-order valence-corrected chi connectivity index (χ0v) is 10.5. The summed E-state index contributed by atoms with van der Waals surface area (Å²) in [6.45, 7) is 5.01. The molecule has 0 radical (unpaired) electrons. The van der Waals surface area contributed by atoms with Crippen molar-refractivity contribution in [3.63, 3.8) is 0 Å². The molecule has 0 spiro atoms. The molecule has 1 rings (SSSR count). The van der Waals surface area contributed by atoms with Gasteiger partial charge in [0.2, 0.25) is 5.91 Å². The minimum atomic E-state index is -0.927. The molecule has 1 saturated heterocycles. The highest BCUT2D eigenvalue weighted by Gasteiger charge is 2.26. The zero-order chi connectivity index (χ0) is 13.0. The highest BCUT2D eigenvalue weighted by molar-refractivity contribution is 5.79. The van der Waals surface area contributed by atoms with Crippen LogP contribution in [0.1, 0.15) is 13.8 Å². The van der Waals surface area contributed by atoms with Gasteiger partial charge >= 0.3 is 5.97 Å². The molecule has 0 bridgehead atoms. The fourth-order valence-corrected chi connectivity index (χ4v) is 2.00. The first-order chi connectivity index (χ1) is 7.88. The number of hydrogen-bond acceptors (Lipinski definition) is 4. The third kappa shape index (κ3) is 4.70. The van der Waals surface area contributed by atoms with Crippen LogP contribution in [0.5, 0.6) is 0 Å². The van der Waals surface area contributed by atoms with E-state index in [-0.39, 0.29) is 31.2 Å². The number of morpholine rings is 1. The van der Waals surface area contributed by atoms with E-state index in [1.54, 1.807) is 11.9 Å². The fraction of sp³-hybridized carbons (Fsp3) is 0.818. The van der Waals surface area contributed by atoms with E-state index in [0.717, 1.165) is 0 Å². The lowest BCUT2D eigenvalue weighted by atomic mass is 10.2. The van der Waals surface area contributed by atoms with E-state index in [2.05, 4.69) is 0 Å². The van der Waals surface area contributed by atoms with Crippen LogP contribution in [0, 0.1) is 0 Å². The van der Waals surface area contributed by atoms with Crippen LogP contribution in [0.25, 0.3) is 0 Å². The average molecular weight is 244 g/mol. The number of carboxylic acid groups (broad SMARTS) is 1. The largest absolute Gasteiger partial charge is 0.480 e. The van der Waals surface area contributed by atoms with Crippen LogP contribution in [-0.4, -0.2) is 72.2 Å². The number of aliphatic carboxylic acids is 1. The SMILES string of the molecule is CC1CN(C(=O)CN(C)CC(=O)O)CC(C)O1. The summed E-state index contributed by atoms with van der Waals surface area (Å²) in [7, 11) is 1.62. The molecule has 1 aliphatic rings. The van der Waals surface area contributed by atoms with Crippen molar-refractivity contribution < 1.29 is 19.4 Å². The molecule has 0 saturated carbocycles. The van der Waals surface area contributed by atoms with E-state index in [4.69, 9.17) is 9.84 Å². The number of amides is 1. The first-order valence-electron chi connectivity index (χ1n) is 5.72. The van der Waals surface area contributed by atoms with E-state index in [9.17, 15) is 9.59 Å². The van der Waals surface area contributed by atoms with Gasteiger partial charge in [0.25, 0.3) is 0 Å². The van der Waals surface area contributed by atoms with E-state index in [0.29, 0.717) is 13.1 Å². The summed E-state index contributed by atoms with van der Waals surface area (Å²) < 4.78 is 5.53. The van der Waals surface area contributed by atoms with Crippen molar-refractivity contribution in [3.05, 3.63) is 0 Å². The van der Waals surface area contributed by atoms with Crippen LogP contribution < -0.4 is 0 Å². The van der Waals surface area contributed by atoms with Gasteiger partial charge in [0.15, 0.2) is 0 Å². The van der Waals surface area contributed by atoms with Gasteiger partial charge in [0.1, 0.15) is 0 Å². The molecular weight excluding hydrogens is 224 g/mol. The molecule has 2 atom stereocenters. The summed E-state index contributed by atoms with van der Waals surface area (Å²) in [5, 5.41) is 8.60. The van der Waals surface area contributed by atoms with E-state index in [1.165, 1.54) is 4.90 Å². The van der Waals surface area contributed by atoms with Gasteiger partial charge in [-0.15, -0.1) is 0 Å². The lowest BCUT2D eigenvalue weighted by Crippen LogP contribution is -2.51. The summed E-state index contributed by atoms with van der Waals surface area (Å²) in [6.07, 6.45) is 0.0694. The Hall–Kier alpha value is -1.14. The molecule has 1 N–H and O–H groups in total.